The van der Waals surface area contributed by atoms with Crippen LogP contribution in [-0.4, -0.2) is 49.3 Å². The van der Waals surface area contributed by atoms with Gasteiger partial charge in [-0.1, -0.05) is 0 Å². The first-order valence-corrected chi connectivity index (χ1v) is 9.16. The molecule has 6 heteroatoms. The second kappa shape index (κ2) is 7.22. The number of nitrogens with zero attached hydrogens (tertiary/aromatic N) is 1. The van der Waals surface area contributed by atoms with Gasteiger partial charge in [-0.25, -0.2) is 0 Å². The van der Waals surface area contributed by atoms with Crippen molar-refractivity contribution in [1.82, 2.24) is 4.90 Å². The number of rotatable bonds is 5. The van der Waals surface area contributed by atoms with Crippen LogP contribution in [0, 0.1) is 0 Å². The monoisotopic (exact) mass is 373 g/mol. The van der Waals surface area contributed by atoms with Crippen molar-refractivity contribution in [3.8, 4) is 0 Å². The van der Waals surface area contributed by atoms with Crippen molar-refractivity contribution in [3.63, 3.8) is 0 Å². The fourth-order valence-electron chi connectivity index (χ4n) is 2.91. The largest absolute Gasteiger partial charge is 0.376 e. The molecule has 2 aliphatic heterocycles. The summed E-state index contributed by atoms with van der Waals surface area (Å²) < 4.78 is 12.4. The Morgan fingerprint density at radius 2 is 1.86 bits per heavy atom. The molecule has 3 rings (SSSR count). The summed E-state index contributed by atoms with van der Waals surface area (Å²) in [6.45, 7) is 2.98. The third kappa shape index (κ3) is 4.06. The summed E-state index contributed by atoms with van der Waals surface area (Å²) in [5.74, 6) is 0.0861. The Kier molecular flexibility index (Phi) is 5.32. The molecule has 2 aliphatic rings. The molecule has 3 heterocycles. The van der Waals surface area contributed by atoms with Gasteiger partial charge < -0.3 is 14.4 Å². The molecular formula is C15H20BrNO3S. The van der Waals surface area contributed by atoms with Gasteiger partial charge in [-0.05, 0) is 47.7 Å². The van der Waals surface area contributed by atoms with Crippen LogP contribution in [0.15, 0.2) is 15.2 Å². The Morgan fingerprint density at radius 1 is 1.24 bits per heavy atom. The van der Waals surface area contributed by atoms with E-state index in [9.17, 15) is 4.79 Å². The van der Waals surface area contributed by atoms with Crippen molar-refractivity contribution in [3.05, 3.63) is 20.8 Å². The van der Waals surface area contributed by atoms with Crippen molar-refractivity contribution in [2.75, 3.05) is 26.3 Å². The number of hydrogen-bond donors (Lipinski definition) is 0. The SMILES string of the molecule is O=C(c1csc(Br)c1)N(CC1CCCO1)CC1CCCO1. The van der Waals surface area contributed by atoms with E-state index in [1.54, 1.807) is 11.3 Å². The van der Waals surface area contributed by atoms with E-state index in [-0.39, 0.29) is 18.1 Å². The van der Waals surface area contributed by atoms with Crippen LogP contribution in [0.1, 0.15) is 36.0 Å². The minimum Gasteiger partial charge on any atom is -0.376 e. The number of carbonyl (C=O) groups is 1. The van der Waals surface area contributed by atoms with Crippen LogP contribution in [-0.2, 0) is 9.47 Å². The molecular weight excluding hydrogens is 354 g/mol. The van der Waals surface area contributed by atoms with Crippen LogP contribution >= 0.6 is 27.3 Å². The highest BCUT2D eigenvalue weighted by Gasteiger charge is 2.27. The summed E-state index contributed by atoms with van der Waals surface area (Å²) in [5, 5.41) is 1.91. The predicted octanol–water partition coefficient (Wildman–Crippen LogP) is 3.31. The van der Waals surface area contributed by atoms with Crippen LogP contribution in [0.2, 0.25) is 0 Å². The van der Waals surface area contributed by atoms with Gasteiger partial charge in [0.25, 0.3) is 5.91 Å². The van der Waals surface area contributed by atoms with E-state index in [2.05, 4.69) is 15.9 Å². The molecule has 2 saturated heterocycles. The summed E-state index contributed by atoms with van der Waals surface area (Å²) in [5.41, 5.74) is 0.753. The quantitative estimate of drug-likeness (QED) is 0.794. The molecule has 4 nitrogen and oxygen atoms in total. The van der Waals surface area contributed by atoms with Crippen molar-refractivity contribution in [1.29, 1.82) is 0 Å². The highest BCUT2D eigenvalue weighted by atomic mass is 79.9. The summed E-state index contributed by atoms with van der Waals surface area (Å²) in [4.78, 5) is 14.7. The van der Waals surface area contributed by atoms with Crippen molar-refractivity contribution < 1.29 is 14.3 Å². The van der Waals surface area contributed by atoms with Gasteiger partial charge in [-0.2, -0.15) is 0 Å². The predicted molar refractivity (Wildman–Crippen MR) is 85.9 cm³/mol. The Balaban J connectivity index is 1.68. The lowest BCUT2D eigenvalue weighted by Crippen LogP contribution is -2.41. The van der Waals surface area contributed by atoms with E-state index in [0.717, 1.165) is 48.2 Å². The highest BCUT2D eigenvalue weighted by molar-refractivity contribution is 9.11. The first-order valence-electron chi connectivity index (χ1n) is 7.49. The van der Waals surface area contributed by atoms with E-state index < -0.39 is 0 Å². The van der Waals surface area contributed by atoms with Gasteiger partial charge in [-0.15, -0.1) is 11.3 Å². The minimum absolute atomic E-state index is 0.0861. The minimum atomic E-state index is 0.0861. The van der Waals surface area contributed by atoms with Crippen LogP contribution in [0.5, 0.6) is 0 Å². The number of thiophene rings is 1. The molecule has 2 unspecified atom stereocenters. The fraction of sp³-hybridized carbons (Fsp3) is 0.667. The van der Waals surface area contributed by atoms with Gasteiger partial charge in [-0.3, -0.25) is 4.79 Å². The van der Waals surface area contributed by atoms with E-state index in [4.69, 9.17) is 9.47 Å². The van der Waals surface area contributed by atoms with Gasteiger partial charge in [0.2, 0.25) is 0 Å². The third-order valence-electron chi connectivity index (χ3n) is 4.00. The maximum absolute atomic E-state index is 12.7. The Labute approximate surface area is 137 Å². The number of halogens is 1. The van der Waals surface area contributed by atoms with Gasteiger partial charge >= 0.3 is 0 Å². The molecule has 0 bridgehead atoms. The Bertz CT molecular complexity index is 463. The Morgan fingerprint density at radius 3 is 2.29 bits per heavy atom. The molecule has 0 spiro atoms. The number of amides is 1. The summed E-state index contributed by atoms with van der Waals surface area (Å²) in [6, 6.07) is 1.89. The van der Waals surface area contributed by atoms with Gasteiger partial charge in [0.1, 0.15) is 0 Å². The number of carbonyl (C=O) groups excluding carboxylic acids is 1. The lowest BCUT2D eigenvalue weighted by atomic mass is 10.1. The van der Waals surface area contributed by atoms with Crippen LogP contribution < -0.4 is 0 Å². The Hall–Kier alpha value is -0.430. The highest BCUT2D eigenvalue weighted by Crippen LogP contribution is 2.24. The summed E-state index contributed by atoms with van der Waals surface area (Å²) >= 11 is 4.97. The third-order valence-corrected chi connectivity index (χ3v) is 5.50. The molecule has 21 heavy (non-hydrogen) atoms. The normalized spacial score (nSPS) is 25.4. The van der Waals surface area contributed by atoms with Gasteiger partial charge in [0.05, 0.1) is 21.6 Å². The first-order chi connectivity index (χ1) is 10.2. The molecule has 0 saturated carbocycles. The van der Waals surface area contributed by atoms with Crippen molar-refractivity contribution in [2.45, 2.75) is 37.9 Å². The zero-order valence-corrected chi connectivity index (χ0v) is 14.3. The average Bonchev–Trinajstić information content (AvgIpc) is 3.19. The number of hydrogen-bond acceptors (Lipinski definition) is 4. The standard InChI is InChI=1S/C15H20BrNO3S/c16-14-7-11(10-21-14)15(18)17(8-12-3-1-5-19-12)9-13-4-2-6-20-13/h7,10,12-13H,1-6,8-9H2. The van der Waals surface area contributed by atoms with Crippen LogP contribution in [0.4, 0.5) is 0 Å². The fourth-order valence-corrected chi connectivity index (χ4v) is 4.04. The molecule has 2 fully saturated rings. The molecule has 1 aromatic heterocycles. The molecule has 1 amide bonds. The van der Waals surface area contributed by atoms with E-state index >= 15 is 0 Å². The van der Waals surface area contributed by atoms with Crippen LogP contribution in [0.25, 0.3) is 0 Å². The summed E-state index contributed by atoms with van der Waals surface area (Å²) in [6.07, 6.45) is 4.63. The summed E-state index contributed by atoms with van der Waals surface area (Å²) in [7, 11) is 0. The van der Waals surface area contributed by atoms with Crippen molar-refractivity contribution in [2.24, 2.45) is 0 Å². The smallest absolute Gasteiger partial charge is 0.254 e. The first kappa shape index (κ1) is 15.5. The van der Waals surface area contributed by atoms with Gasteiger partial charge in [0.15, 0.2) is 0 Å². The van der Waals surface area contributed by atoms with Crippen LogP contribution in [0.3, 0.4) is 0 Å². The zero-order chi connectivity index (χ0) is 14.7. The molecule has 116 valence electrons. The van der Waals surface area contributed by atoms with Crippen molar-refractivity contribution >= 4 is 33.2 Å². The molecule has 1 aromatic rings. The lowest BCUT2D eigenvalue weighted by molar-refractivity contribution is 0.0308. The zero-order valence-electron chi connectivity index (χ0n) is 11.9. The molecule has 0 N–H and O–H groups in total. The second-order valence-electron chi connectivity index (χ2n) is 5.62. The average molecular weight is 374 g/mol. The molecule has 0 radical (unpaired) electrons. The molecule has 0 aliphatic carbocycles. The van der Waals surface area contributed by atoms with E-state index in [0.29, 0.717) is 13.1 Å². The molecule has 0 aromatic carbocycles. The molecule has 2 atom stereocenters. The second-order valence-corrected chi connectivity index (χ2v) is 7.91. The topological polar surface area (TPSA) is 38.8 Å². The number of ether oxygens (including phenoxy) is 2. The maximum Gasteiger partial charge on any atom is 0.254 e. The van der Waals surface area contributed by atoms with E-state index in [1.807, 2.05) is 16.3 Å². The van der Waals surface area contributed by atoms with Gasteiger partial charge in [0, 0.05) is 31.7 Å². The lowest BCUT2D eigenvalue weighted by Gasteiger charge is -2.27. The maximum atomic E-state index is 12.7. The van der Waals surface area contributed by atoms with E-state index in [1.165, 1.54) is 0 Å².